The Labute approximate surface area is 121 Å². The molecule has 0 bridgehead atoms. The number of rotatable bonds is 4. The third kappa shape index (κ3) is 3.13. The van der Waals surface area contributed by atoms with Gasteiger partial charge in [0.05, 0.1) is 18.7 Å². The molecule has 1 atom stereocenters. The minimum absolute atomic E-state index is 0.00883. The third-order valence-electron chi connectivity index (χ3n) is 3.28. The van der Waals surface area contributed by atoms with Crippen LogP contribution in [-0.2, 0) is 14.4 Å². The first-order valence-corrected chi connectivity index (χ1v) is 6.41. The zero-order chi connectivity index (χ0) is 15.6. The largest absolute Gasteiger partial charge is 0.494 e. The first-order chi connectivity index (χ1) is 9.92. The molecule has 7 nitrogen and oxygen atoms in total. The van der Waals surface area contributed by atoms with E-state index >= 15 is 0 Å². The highest BCUT2D eigenvalue weighted by molar-refractivity contribution is 6.00. The van der Waals surface area contributed by atoms with Crippen molar-refractivity contribution < 1.29 is 24.2 Å². The number of nitrogens with zero attached hydrogens (tertiary/aromatic N) is 1. The van der Waals surface area contributed by atoms with Crippen LogP contribution in [0.15, 0.2) is 18.2 Å². The number of anilines is 2. The fourth-order valence-electron chi connectivity index (χ4n) is 2.26. The molecule has 0 spiro atoms. The molecule has 112 valence electrons. The maximum Gasteiger partial charge on any atom is 0.308 e. The van der Waals surface area contributed by atoms with Crippen molar-refractivity contribution in [2.45, 2.75) is 13.3 Å². The molecule has 2 rings (SSSR count). The van der Waals surface area contributed by atoms with Gasteiger partial charge < -0.3 is 20.1 Å². The second-order valence-corrected chi connectivity index (χ2v) is 4.81. The van der Waals surface area contributed by atoms with Gasteiger partial charge in [-0.15, -0.1) is 0 Å². The number of carbonyl (C=O) groups excluding carboxylic acids is 2. The predicted octanol–water partition coefficient (Wildman–Crippen LogP) is 1.09. The Morgan fingerprint density at radius 1 is 1.43 bits per heavy atom. The number of carbonyl (C=O) groups is 3. The number of hydrogen-bond donors (Lipinski definition) is 2. The van der Waals surface area contributed by atoms with Crippen molar-refractivity contribution in [3.63, 3.8) is 0 Å². The molecule has 0 aliphatic carbocycles. The van der Waals surface area contributed by atoms with Crippen LogP contribution >= 0.6 is 0 Å². The molecule has 21 heavy (non-hydrogen) atoms. The number of hydrogen-bond acceptors (Lipinski definition) is 4. The highest BCUT2D eigenvalue weighted by Crippen LogP contribution is 2.32. The molecule has 1 unspecified atom stereocenters. The zero-order valence-electron chi connectivity index (χ0n) is 11.8. The first kappa shape index (κ1) is 14.8. The standard InChI is InChI=1S/C14H16N2O5/c1-8(17)15-11-4-3-10(6-12(11)21-2)16-7-9(14(19)20)5-13(16)18/h3-4,6,9H,5,7H2,1-2H3,(H,15,17)(H,19,20). The molecule has 0 radical (unpaired) electrons. The van der Waals surface area contributed by atoms with E-state index in [-0.39, 0.29) is 24.8 Å². The Morgan fingerprint density at radius 3 is 2.67 bits per heavy atom. The van der Waals surface area contributed by atoms with E-state index in [9.17, 15) is 14.4 Å². The second kappa shape index (κ2) is 5.82. The van der Waals surface area contributed by atoms with Crippen LogP contribution in [0, 0.1) is 5.92 Å². The first-order valence-electron chi connectivity index (χ1n) is 6.41. The topological polar surface area (TPSA) is 95.9 Å². The van der Waals surface area contributed by atoms with Crippen LogP contribution in [0.3, 0.4) is 0 Å². The quantitative estimate of drug-likeness (QED) is 0.866. The van der Waals surface area contributed by atoms with Crippen molar-refractivity contribution >= 4 is 29.2 Å². The van der Waals surface area contributed by atoms with Gasteiger partial charge in [-0.2, -0.15) is 0 Å². The summed E-state index contributed by atoms with van der Waals surface area (Å²) in [4.78, 5) is 35.4. The van der Waals surface area contributed by atoms with Gasteiger partial charge in [0.2, 0.25) is 11.8 Å². The van der Waals surface area contributed by atoms with Crippen molar-refractivity contribution in [1.29, 1.82) is 0 Å². The van der Waals surface area contributed by atoms with Crippen molar-refractivity contribution in [3.8, 4) is 5.75 Å². The summed E-state index contributed by atoms with van der Waals surface area (Å²) in [5.41, 5.74) is 1.05. The number of amides is 2. The van der Waals surface area contributed by atoms with Crippen LogP contribution in [-0.4, -0.2) is 36.5 Å². The predicted molar refractivity (Wildman–Crippen MR) is 75.4 cm³/mol. The van der Waals surface area contributed by atoms with E-state index in [0.717, 1.165) is 0 Å². The highest BCUT2D eigenvalue weighted by Gasteiger charge is 2.35. The van der Waals surface area contributed by atoms with Crippen LogP contribution in [0.5, 0.6) is 5.75 Å². The van der Waals surface area contributed by atoms with Crippen molar-refractivity contribution in [3.05, 3.63) is 18.2 Å². The van der Waals surface area contributed by atoms with Gasteiger partial charge in [0.1, 0.15) is 5.75 Å². The SMILES string of the molecule is COc1cc(N2CC(C(=O)O)CC2=O)ccc1NC(C)=O. The van der Waals surface area contributed by atoms with Crippen LogP contribution in [0.2, 0.25) is 0 Å². The average molecular weight is 292 g/mol. The molecule has 1 aromatic carbocycles. The number of nitrogens with one attached hydrogen (secondary N) is 1. The molecule has 1 aromatic rings. The summed E-state index contributed by atoms with van der Waals surface area (Å²) in [5.74, 6) is -1.73. The molecule has 7 heteroatoms. The summed E-state index contributed by atoms with van der Waals surface area (Å²) in [5, 5.41) is 11.6. The summed E-state index contributed by atoms with van der Waals surface area (Å²) in [7, 11) is 1.45. The average Bonchev–Trinajstić information content (AvgIpc) is 2.81. The molecule has 1 heterocycles. The third-order valence-corrected chi connectivity index (χ3v) is 3.28. The summed E-state index contributed by atoms with van der Waals surface area (Å²) >= 11 is 0. The lowest BCUT2D eigenvalue weighted by Gasteiger charge is -2.18. The van der Waals surface area contributed by atoms with Crippen LogP contribution in [0.1, 0.15) is 13.3 Å². The molecule has 0 saturated carbocycles. The van der Waals surface area contributed by atoms with Gasteiger partial charge in [-0.3, -0.25) is 14.4 Å². The molecular weight excluding hydrogens is 276 g/mol. The second-order valence-electron chi connectivity index (χ2n) is 4.81. The lowest BCUT2D eigenvalue weighted by molar-refractivity contribution is -0.141. The molecule has 0 aromatic heterocycles. The van der Waals surface area contributed by atoms with Gasteiger partial charge >= 0.3 is 5.97 Å². The Hall–Kier alpha value is -2.57. The van der Waals surface area contributed by atoms with Gasteiger partial charge in [-0.1, -0.05) is 0 Å². The van der Waals surface area contributed by atoms with E-state index in [4.69, 9.17) is 9.84 Å². The van der Waals surface area contributed by atoms with Crippen molar-refractivity contribution in [2.75, 3.05) is 23.9 Å². The Bertz CT molecular complexity index is 599. The molecule has 2 N–H and O–H groups in total. The molecular formula is C14H16N2O5. The molecule has 2 amide bonds. The number of ether oxygens (including phenoxy) is 1. The Morgan fingerprint density at radius 2 is 2.14 bits per heavy atom. The summed E-state index contributed by atoms with van der Waals surface area (Å²) < 4.78 is 5.19. The van der Waals surface area contributed by atoms with Crippen molar-refractivity contribution in [1.82, 2.24) is 0 Å². The minimum atomic E-state index is -0.979. The maximum atomic E-state index is 11.9. The number of aliphatic carboxylic acids is 1. The fourth-order valence-corrected chi connectivity index (χ4v) is 2.26. The lowest BCUT2D eigenvalue weighted by atomic mass is 10.1. The summed E-state index contributed by atoms with van der Waals surface area (Å²) in [6.07, 6.45) is -0.00883. The number of methoxy groups -OCH3 is 1. The minimum Gasteiger partial charge on any atom is -0.494 e. The monoisotopic (exact) mass is 292 g/mol. The molecule has 1 fully saturated rings. The molecule has 1 saturated heterocycles. The summed E-state index contributed by atoms with van der Waals surface area (Å²) in [6.45, 7) is 1.52. The van der Waals surface area contributed by atoms with Gasteiger partial charge in [0, 0.05) is 31.6 Å². The van der Waals surface area contributed by atoms with E-state index in [0.29, 0.717) is 17.1 Å². The molecule has 1 aliphatic heterocycles. The van der Waals surface area contributed by atoms with E-state index in [1.807, 2.05) is 0 Å². The highest BCUT2D eigenvalue weighted by atomic mass is 16.5. The Balaban J connectivity index is 2.27. The van der Waals surface area contributed by atoms with E-state index in [2.05, 4.69) is 5.32 Å². The normalized spacial score (nSPS) is 17.7. The fraction of sp³-hybridized carbons (Fsp3) is 0.357. The summed E-state index contributed by atoms with van der Waals surface area (Å²) in [6, 6.07) is 4.88. The van der Waals surface area contributed by atoms with E-state index < -0.39 is 11.9 Å². The van der Waals surface area contributed by atoms with Crippen molar-refractivity contribution in [2.24, 2.45) is 5.92 Å². The maximum absolute atomic E-state index is 11.9. The van der Waals surface area contributed by atoms with E-state index in [1.54, 1.807) is 18.2 Å². The number of carboxylic acid groups (broad SMARTS) is 1. The van der Waals surface area contributed by atoms with Gasteiger partial charge in [0.25, 0.3) is 0 Å². The lowest BCUT2D eigenvalue weighted by Crippen LogP contribution is -2.25. The van der Waals surface area contributed by atoms with Gasteiger partial charge in [-0.25, -0.2) is 0 Å². The number of benzene rings is 1. The van der Waals surface area contributed by atoms with Crippen LogP contribution < -0.4 is 15.0 Å². The van der Waals surface area contributed by atoms with Crippen LogP contribution in [0.25, 0.3) is 0 Å². The Kier molecular flexibility index (Phi) is 4.11. The van der Waals surface area contributed by atoms with Gasteiger partial charge in [-0.05, 0) is 12.1 Å². The smallest absolute Gasteiger partial charge is 0.308 e. The van der Waals surface area contributed by atoms with E-state index in [1.165, 1.54) is 18.9 Å². The number of carboxylic acids is 1. The van der Waals surface area contributed by atoms with Gasteiger partial charge in [0.15, 0.2) is 0 Å². The zero-order valence-corrected chi connectivity index (χ0v) is 11.8. The molecule has 1 aliphatic rings. The van der Waals surface area contributed by atoms with Crippen LogP contribution in [0.4, 0.5) is 11.4 Å².